The largest absolute Gasteiger partial charge is 0.755 e. The van der Waals surface area contributed by atoms with Crippen molar-refractivity contribution in [1.82, 2.24) is 9.97 Å². The first-order chi connectivity index (χ1) is 6.75. The zero-order valence-corrected chi connectivity index (χ0v) is 7.82. The van der Waals surface area contributed by atoms with Crippen molar-refractivity contribution in [3.8, 4) is 0 Å². The fourth-order valence-corrected chi connectivity index (χ4v) is 1.38. The number of nitrogens with zero attached hydrogens (tertiary/aromatic N) is 2. The van der Waals surface area contributed by atoms with E-state index in [1.165, 1.54) is 0 Å². The lowest BCUT2D eigenvalue weighted by atomic mass is 10.3. The van der Waals surface area contributed by atoms with E-state index in [0.717, 1.165) is 5.39 Å². The van der Waals surface area contributed by atoms with Crippen LogP contribution in [0.25, 0.3) is 11.0 Å². The van der Waals surface area contributed by atoms with E-state index in [0.29, 0.717) is 5.65 Å². The molecule has 72 valence electrons. The number of hydrogen-bond donors (Lipinski definition) is 1. The van der Waals surface area contributed by atoms with Crippen molar-refractivity contribution < 1.29 is 8.76 Å². The molecular formula is C8H6N3O2S-. The van der Waals surface area contributed by atoms with Gasteiger partial charge in [-0.25, -0.2) is 9.97 Å². The lowest BCUT2D eigenvalue weighted by Crippen LogP contribution is -2.04. The van der Waals surface area contributed by atoms with E-state index in [1.807, 2.05) is 6.07 Å². The molecule has 6 heteroatoms. The summed E-state index contributed by atoms with van der Waals surface area (Å²) >= 11 is -2.35. The smallest absolute Gasteiger partial charge is 0.161 e. The SMILES string of the molecule is O=S([O-])Nc1ccc2cccnc2n1. The fourth-order valence-electron chi connectivity index (χ4n) is 1.10. The van der Waals surface area contributed by atoms with Gasteiger partial charge in [-0.05, 0) is 24.3 Å². The van der Waals surface area contributed by atoms with Crippen molar-refractivity contribution in [3.05, 3.63) is 30.5 Å². The van der Waals surface area contributed by atoms with Crippen LogP contribution < -0.4 is 4.72 Å². The minimum absolute atomic E-state index is 0.268. The first-order valence-electron chi connectivity index (χ1n) is 3.83. The molecule has 2 aromatic heterocycles. The predicted octanol–water partition coefficient (Wildman–Crippen LogP) is 0.836. The molecule has 2 aromatic rings. The molecule has 14 heavy (non-hydrogen) atoms. The molecule has 2 heterocycles. The Bertz CT molecular complexity index is 489. The van der Waals surface area contributed by atoms with Crippen molar-refractivity contribution in [3.63, 3.8) is 0 Å². The van der Waals surface area contributed by atoms with Crippen molar-refractivity contribution in [2.75, 3.05) is 4.72 Å². The first kappa shape index (κ1) is 9.04. The lowest BCUT2D eigenvalue weighted by molar-refractivity contribution is 0.542. The number of rotatable bonds is 2. The van der Waals surface area contributed by atoms with Crippen LogP contribution in [0.4, 0.5) is 5.82 Å². The Labute approximate surface area is 82.6 Å². The second kappa shape index (κ2) is 3.69. The molecule has 1 N–H and O–H groups in total. The topological polar surface area (TPSA) is 77.9 Å². The molecule has 2 rings (SSSR count). The van der Waals surface area contributed by atoms with E-state index in [1.54, 1.807) is 24.4 Å². The second-order valence-electron chi connectivity index (χ2n) is 2.58. The van der Waals surface area contributed by atoms with Crippen LogP contribution in [0.3, 0.4) is 0 Å². The van der Waals surface area contributed by atoms with Crippen molar-refractivity contribution in [2.24, 2.45) is 0 Å². The number of nitrogens with one attached hydrogen (secondary N) is 1. The van der Waals surface area contributed by atoms with E-state index >= 15 is 0 Å². The number of anilines is 1. The van der Waals surface area contributed by atoms with Gasteiger partial charge >= 0.3 is 0 Å². The zero-order chi connectivity index (χ0) is 9.97. The standard InChI is InChI=1S/C8H7N3O2S/c12-14(13)11-7-4-3-6-2-1-5-9-8(6)10-7/h1-5H,(H,12,13)(H,9,10,11)/p-1. The quantitative estimate of drug-likeness (QED) is 0.741. The molecule has 0 saturated carbocycles. The highest BCUT2D eigenvalue weighted by molar-refractivity contribution is 7.80. The molecule has 0 aliphatic heterocycles. The summed E-state index contributed by atoms with van der Waals surface area (Å²) in [6.45, 7) is 0. The summed E-state index contributed by atoms with van der Waals surface area (Å²) in [4.78, 5) is 8.00. The maximum atomic E-state index is 10.3. The highest BCUT2D eigenvalue weighted by atomic mass is 32.2. The van der Waals surface area contributed by atoms with Crippen LogP contribution in [-0.2, 0) is 11.3 Å². The van der Waals surface area contributed by atoms with Crippen molar-refractivity contribution in [1.29, 1.82) is 0 Å². The molecule has 0 aromatic carbocycles. The summed E-state index contributed by atoms with van der Waals surface area (Å²) in [6, 6.07) is 6.99. The van der Waals surface area contributed by atoms with Crippen molar-refractivity contribution >= 4 is 28.1 Å². The normalized spacial score (nSPS) is 12.6. The van der Waals surface area contributed by atoms with E-state index < -0.39 is 11.3 Å². The zero-order valence-electron chi connectivity index (χ0n) is 7.01. The highest BCUT2D eigenvalue weighted by Gasteiger charge is 1.97. The number of aromatic nitrogens is 2. The highest BCUT2D eigenvalue weighted by Crippen LogP contribution is 2.12. The Kier molecular flexibility index (Phi) is 2.38. The molecule has 0 aliphatic rings. The predicted molar refractivity (Wildman–Crippen MR) is 52.1 cm³/mol. The summed E-state index contributed by atoms with van der Waals surface area (Å²) < 4.78 is 22.8. The minimum atomic E-state index is -2.35. The van der Waals surface area contributed by atoms with Gasteiger partial charge in [-0.1, -0.05) is 0 Å². The molecule has 0 spiro atoms. The molecule has 0 bridgehead atoms. The van der Waals surface area contributed by atoms with Crippen molar-refractivity contribution in [2.45, 2.75) is 0 Å². The Morgan fingerprint density at radius 1 is 1.36 bits per heavy atom. The molecule has 0 radical (unpaired) electrons. The average Bonchev–Trinajstić information content (AvgIpc) is 2.17. The number of fused-ring (bicyclic) bond motifs is 1. The molecule has 1 atom stereocenters. The summed E-state index contributed by atoms with van der Waals surface area (Å²) in [7, 11) is 0. The number of pyridine rings is 2. The molecule has 0 aliphatic carbocycles. The van der Waals surface area contributed by atoms with E-state index in [-0.39, 0.29) is 5.82 Å². The summed E-state index contributed by atoms with van der Waals surface area (Å²) in [6.07, 6.45) is 1.60. The second-order valence-corrected chi connectivity index (χ2v) is 3.26. The van der Waals surface area contributed by atoms with Gasteiger partial charge < -0.3 is 9.27 Å². The third-order valence-corrected chi connectivity index (χ3v) is 2.03. The lowest BCUT2D eigenvalue weighted by Gasteiger charge is -2.07. The minimum Gasteiger partial charge on any atom is -0.755 e. The van der Waals surface area contributed by atoms with Gasteiger partial charge in [-0.15, -0.1) is 0 Å². The summed E-state index contributed by atoms with van der Waals surface area (Å²) in [5.74, 6) is 0.268. The van der Waals surface area contributed by atoms with E-state index in [2.05, 4.69) is 14.7 Å². The summed E-state index contributed by atoms with van der Waals surface area (Å²) in [5, 5.41) is 0.870. The van der Waals surface area contributed by atoms with Gasteiger partial charge in [0.2, 0.25) is 0 Å². The molecule has 1 unspecified atom stereocenters. The molecule has 0 amide bonds. The molecule has 0 saturated heterocycles. The Morgan fingerprint density at radius 2 is 2.21 bits per heavy atom. The van der Waals surface area contributed by atoms with Gasteiger partial charge in [-0.3, -0.25) is 4.21 Å². The van der Waals surface area contributed by atoms with Crippen LogP contribution in [0.5, 0.6) is 0 Å². The van der Waals surface area contributed by atoms with Crippen LogP contribution in [0, 0.1) is 0 Å². The van der Waals surface area contributed by atoms with Gasteiger partial charge in [0, 0.05) is 22.8 Å². The first-order valence-corrected chi connectivity index (χ1v) is 4.91. The fraction of sp³-hybridized carbons (Fsp3) is 0. The third-order valence-electron chi connectivity index (χ3n) is 1.65. The Balaban J connectivity index is 2.46. The van der Waals surface area contributed by atoms with Gasteiger partial charge in [0.15, 0.2) is 5.65 Å². The third kappa shape index (κ3) is 1.86. The van der Waals surface area contributed by atoms with Crippen LogP contribution in [-0.4, -0.2) is 18.7 Å². The van der Waals surface area contributed by atoms with Gasteiger partial charge in [-0.2, -0.15) is 0 Å². The molecule has 0 fully saturated rings. The molecule has 5 nitrogen and oxygen atoms in total. The van der Waals surface area contributed by atoms with Crippen LogP contribution in [0.1, 0.15) is 0 Å². The van der Waals surface area contributed by atoms with Gasteiger partial charge in [0.1, 0.15) is 5.82 Å². The van der Waals surface area contributed by atoms with Gasteiger partial charge in [0.05, 0.1) is 0 Å². The van der Waals surface area contributed by atoms with E-state index in [4.69, 9.17) is 0 Å². The summed E-state index contributed by atoms with van der Waals surface area (Å²) in [5.41, 5.74) is 0.517. The monoisotopic (exact) mass is 208 g/mol. The Hall–Kier alpha value is -1.53. The number of hydrogen-bond acceptors (Lipinski definition) is 4. The van der Waals surface area contributed by atoms with Crippen LogP contribution in [0.2, 0.25) is 0 Å². The van der Waals surface area contributed by atoms with Crippen LogP contribution >= 0.6 is 0 Å². The average molecular weight is 208 g/mol. The van der Waals surface area contributed by atoms with Crippen LogP contribution in [0.15, 0.2) is 30.5 Å². The molecular weight excluding hydrogens is 202 g/mol. The maximum absolute atomic E-state index is 10.3. The van der Waals surface area contributed by atoms with E-state index in [9.17, 15) is 8.76 Å². The van der Waals surface area contributed by atoms with Gasteiger partial charge in [0.25, 0.3) is 0 Å². The maximum Gasteiger partial charge on any atom is 0.161 e. The Morgan fingerprint density at radius 3 is 3.00 bits per heavy atom.